The summed E-state index contributed by atoms with van der Waals surface area (Å²) < 4.78 is 0. The lowest BCUT2D eigenvalue weighted by atomic mass is 10.0. The number of nitrogens with one attached hydrogen (secondary N) is 1. The minimum Gasteiger partial charge on any atom is -0.412 e. The Morgan fingerprint density at radius 2 is 1.88 bits per heavy atom. The number of hydrogen-bond acceptors (Lipinski definition) is 2. The fraction of sp³-hybridized carbons (Fsp3) is 0.250. The van der Waals surface area contributed by atoms with Crippen molar-refractivity contribution in [2.45, 2.75) is 19.4 Å². The number of likely N-dealkylation sites (N-methyl/N-ethyl adjacent to an activating group) is 1. The number of aromatic nitrogens is 1. The van der Waals surface area contributed by atoms with Crippen LogP contribution in [0.25, 0.3) is 10.9 Å². The Morgan fingerprint density at radius 1 is 1.12 bits per heavy atom. The van der Waals surface area contributed by atoms with Crippen molar-refractivity contribution in [1.29, 1.82) is 0 Å². The zero-order valence-corrected chi connectivity index (χ0v) is 14.5. The maximum atomic E-state index is 11.1. The highest BCUT2D eigenvalue weighted by Crippen LogP contribution is 2.21. The number of fused-ring (bicyclic) bond motifs is 1. The van der Waals surface area contributed by atoms with Gasteiger partial charge in [-0.2, -0.15) is 0 Å². The summed E-state index contributed by atoms with van der Waals surface area (Å²) in [5, 5.41) is 1.18. The molecule has 3 aromatic rings. The Hall–Kier alpha value is -2.63. The first-order valence-electron chi connectivity index (χ1n) is 8.21. The van der Waals surface area contributed by atoms with Gasteiger partial charge in [0.2, 0.25) is 5.91 Å². The molecule has 2 aromatic carbocycles. The number of aromatic amines is 1. The quantitative estimate of drug-likeness (QED) is 0.689. The van der Waals surface area contributed by atoms with Gasteiger partial charge in [0.1, 0.15) is 0 Å². The maximum absolute atomic E-state index is 11.1. The summed E-state index contributed by atoms with van der Waals surface area (Å²) >= 11 is 0. The summed E-state index contributed by atoms with van der Waals surface area (Å²) in [6, 6.07) is 16.5. The Kier molecular flexibility index (Phi) is 6.33. The molecule has 1 heterocycles. The van der Waals surface area contributed by atoms with E-state index in [0.717, 1.165) is 30.6 Å². The summed E-state index contributed by atoms with van der Waals surface area (Å²) in [7, 11) is 2.14. The lowest BCUT2D eigenvalue weighted by Crippen LogP contribution is -2.20. The van der Waals surface area contributed by atoms with Gasteiger partial charge in [0, 0.05) is 30.2 Å². The Morgan fingerprint density at radius 3 is 2.60 bits per heavy atom. The van der Waals surface area contributed by atoms with Crippen LogP contribution in [0, 0.1) is 0 Å². The molecule has 1 aromatic heterocycles. The second-order valence-corrected chi connectivity index (χ2v) is 6.31. The van der Waals surface area contributed by atoms with Gasteiger partial charge in [0.15, 0.2) is 0 Å². The minimum absolute atomic E-state index is 0. The summed E-state index contributed by atoms with van der Waals surface area (Å²) in [6.07, 6.45) is 3.31. The third kappa shape index (κ3) is 4.92. The number of rotatable bonds is 7. The third-order valence-electron chi connectivity index (χ3n) is 4.27. The second-order valence-electron chi connectivity index (χ2n) is 6.31. The predicted molar refractivity (Wildman–Crippen MR) is 101 cm³/mol. The Labute approximate surface area is 147 Å². The Balaban J connectivity index is 0.00000225. The summed E-state index contributed by atoms with van der Waals surface area (Å²) in [5.74, 6) is -0.297. The van der Waals surface area contributed by atoms with E-state index in [9.17, 15) is 4.79 Å². The number of nitrogens with two attached hydrogens (primary N) is 1. The molecule has 0 aliphatic rings. The number of primary amides is 1. The van der Waals surface area contributed by atoms with E-state index < -0.39 is 0 Å². The lowest BCUT2D eigenvalue weighted by Gasteiger charge is -2.16. The standard InChI is InChI=1S/C20H23N3O.H2O/c1-23(14-15-5-3-2-4-6-15)10-9-17-13-22-19-8-7-16(11-18(17)19)12-20(21)24;/h2-8,11,13,22H,9-10,12,14H2,1H3,(H2,21,24);1H2. The van der Waals surface area contributed by atoms with Crippen LogP contribution in [0.4, 0.5) is 0 Å². The first kappa shape index (κ1) is 18.7. The molecule has 132 valence electrons. The predicted octanol–water partition coefficient (Wildman–Crippen LogP) is 2.05. The van der Waals surface area contributed by atoms with Crippen LogP contribution in [0.2, 0.25) is 0 Å². The number of hydrogen-bond donors (Lipinski definition) is 2. The molecular formula is C20H25N3O2. The molecular weight excluding hydrogens is 314 g/mol. The highest BCUT2D eigenvalue weighted by Gasteiger charge is 2.08. The van der Waals surface area contributed by atoms with Gasteiger partial charge in [-0.3, -0.25) is 4.79 Å². The van der Waals surface area contributed by atoms with Gasteiger partial charge in [-0.1, -0.05) is 36.4 Å². The van der Waals surface area contributed by atoms with Crippen LogP contribution < -0.4 is 5.73 Å². The van der Waals surface area contributed by atoms with Crippen molar-refractivity contribution in [3.63, 3.8) is 0 Å². The molecule has 0 aliphatic heterocycles. The molecule has 0 saturated carbocycles. The molecule has 0 unspecified atom stereocenters. The molecule has 0 fully saturated rings. The fourth-order valence-electron chi connectivity index (χ4n) is 3.03. The molecule has 0 atom stereocenters. The SMILES string of the molecule is CN(CCc1c[nH]c2ccc(CC(N)=O)cc12)Cc1ccccc1.O. The molecule has 0 bridgehead atoms. The van der Waals surface area contributed by atoms with Crippen molar-refractivity contribution >= 4 is 16.8 Å². The monoisotopic (exact) mass is 339 g/mol. The molecule has 0 saturated heterocycles. The van der Waals surface area contributed by atoms with Gasteiger partial charge >= 0.3 is 0 Å². The van der Waals surface area contributed by atoms with Crippen molar-refractivity contribution in [3.05, 3.63) is 71.4 Å². The number of carbonyl (C=O) groups excluding carboxylic acids is 1. The molecule has 5 nitrogen and oxygen atoms in total. The van der Waals surface area contributed by atoms with Gasteiger partial charge in [-0.05, 0) is 42.3 Å². The zero-order valence-electron chi connectivity index (χ0n) is 14.5. The van der Waals surface area contributed by atoms with E-state index in [-0.39, 0.29) is 17.8 Å². The summed E-state index contributed by atoms with van der Waals surface area (Å²) in [6.45, 7) is 1.91. The van der Waals surface area contributed by atoms with Crippen LogP contribution in [-0.4, -0.2) is 34.9 Å². The largest absolute Gasteiger partial charge is 0.412 e. The van der Waals surface area contributed by atoms with Crippen molar-refractivity contribution in [1.82, 2.24) is 9.88 Å². The van der Waals surface area contributed by atoms with Crippen LogP contribution in [0.1, 0.15) is 16.7 Å². The van der Waals surface area contributed by atoms with E-state index in [2.05, 4.69) is 53.5 Å². The molecule has 25 heavy (non-hydrogen) atoms. The highest BCUT2D eigenvalue weighted by atomic mass is 16.1. The van der Waals surface area contributed by atoms with Crippen LogP contribution in [-0.2, 0) is 24.2 Å². The van der Waals surface area contributed by atoms with E-state index in [1.165, 1.54) is 16.5 Å². The van der Waals surface area contributed by atoms with E-state index in [0.29, 0.717) is 0 Å². The molecule has 5 N–H and O–H groups in total. The molecule has 1 amide bonds. The van der Waals surface area contributed by atoms with Gasteiger partial charge in [0.05, 0.1) is 6.42 Å². The fourth-order valence-corrected chi connectivity index (χ4v) is 3.03. The average Bonchev–Trinajstić information content (AvgIpc) is 2.96. The smallest absolute Gasteiger partial charge is 0.221 e. The maximum Gasteiger partial charge on any atom is 0.221 e. The van der Waals surface area contributed by atoms with Gasteiger partial charge in [-0.25, -0.2) is 0 Å². The molecule has 3 rings (SSSR count). The topological polar surface area (TPSA) is 93.6 Å². The van der Waals surface area contributed by atoms with Gasteiger partial charge in [0.25, 0.3) is 0 Å². The van der Waals surface area contributed by atoms with E-state index in [1.54, 1.807) is 0 Å². The van der Waals surface area contributed by atoms with Crippen molar-refractivity contribution in [3.8, 4) is 0 Å². The minimum atomic E-state index is -0.297. The highest BCUT2D eigenvalue weighted by molar-refractivity contribution is 5.85. The summed E-state index contributed by atoms with van der Waals surface area (Å²) in [4.78, 5) is 16.8. The Bertz CT molecular complexity index is 827. The normalized spacial score (nSPS) is 10.8. The van der Waals surface area contributed by atoms with Crippen molar-refractivity contribution in [2.24, 2.45) is 5.73 Å². The number of benzene rings is 2. The van der Waals surface area contributed by atoms with Gasteiger partial charge in [-0.15, -0.1) is 0 Å². The van der Waals surface area contributed by atoms with Crippen molar-refractivity contribution in [2.75, 3.05) is 13.6 Å². The van der Waals surface area contributed by atoms with E-state index in [4.69, 9.17) is 5.73 Å². The van der Waals surface area contributed by atoms with E-state index in [1.807, 2.05) is 18.2 Å². The molecule has 0 spiro atoms. The lowest BCUT2D eigenvalue weighted by molar-refractivity contribution is -0.117. The molecule has 0 radical (unpaired) electrons. The first-order valence-corrected chi connectivity index (χ1v) is 8.21. The molecule has 5 heteroatoms. The van der Waals surface area contributed by atoms with Gasteiger partial charge < -0.3 is 21.1 Å². The van der Waals surface area contributed by atoms with Crippen LogP contribution in [0.3, 0.4) is 0 Å². The number of amides is 1. The van der Waals surface area contributed by atoms with E-state index >= 15 is 0 Å². The van der Waals surface area contributed by atoms with Crippen LogP contribution in [0.5, 0.6) is 0 Å². The number of H-pyrrole nitrogens is 1. The second kappa shape index (κ2) is 8.46. The first-order chi connectivity index (χ1) is 11.6. The van der Waals surface area contributed by atoms with Crippen LogP contribution in [0.15, 0.2) is 54.7 Å². The average molecular weight is 339 g/mol. The van der Waals surface area contributed by atoms with Crippen molar-refractivity contribution < 1.29 is 10.3 Å². The number of nitrogens with zero attached hydrogens (tertiary/aromatic N) is 1. The summed E-state index contributed by atoms with van der Waals surface area (Å²) in [5.41, 5.74) is 9.96. The number of carbonyl (C=O) groups is 1. The van der Waals surface area contributed by atoms with Crippen LogP contribution >= 0.6 is 0 Å². The molecule has 0 aliphatic carbocycles. The third-order valence-corrected chi connectivity index (χ3v) is 4.27. The zero-order chi connectivity index (χ0) is 16.9.